The summed E-state index contributed by atoms with van der Waals surface area (Å²) in [6, 6.07) is 2.15. The van der Waals surface area contributed by atoms with Crippen LogP contribution in [0.25, 0.3) is 0 Å². The number of hydrogen-bond donors (Lipinski definition) is 1. The largest absolute Gasteiger partial charge is 0.468 e. The van der Waals surface area contributed by atoms with Gasteiger partial charge in [-0.2, -0.15) is 0 Å². The summed E-state index contributed by atoms with van der Waals surface area (Å²) in [6.45, 7) is 16.5. The van der Waals surface area contributed by atoms with Crippen LogP contribution in [-0.4, -0.2) is 30.9 Å². The van der Waals surface area contributed by atoms with Gasteiger partial charge in [-0.05, 0) is 80.5 Å². The first-order valence-electron chi connectivity index (χ1n) is 12.0. The van der Waals surface area contributed by atoms with Gasteiger partial charge >= 0.3 is 0 Å². The van der Waals surface area contributed by atoms with Crippen LogP contribution in [-0.2, 0) is 17.8 Å². The number of carbonyl (C=O) groups excluding carboxylic acids is 1. The van der Waals surface area contributed by atoms with Crippen molar-refractivity contribution in [2.24, 2.45) is 22.7 Å². The van der Waals surface area contributed by atoms with Crippen molar-refractivity contribution in [1.82, 2.24) is 10.2 Å². The van der Waals surface area contributed by atoms with Crippen LogP contribution in [0.15, 0.2) is 28.9 Å². The van der Waals surface area contributed by atoms with Gasteiger partial charge in [0.15, 0.2) is 0 Å². The van der Waals surface area contributed by atoms with Crippen LogP contribution < -0.4 is 5.32 Å². The predicted molar refractivity (Wildman–Crippen MR) is 123 cm³/mol. The van der Waals surface area contributed by atoms with Gasteiger partial charge in [-0.25, -0.2) is 0 Å². The van der Waals surface area contributed by atoms with E-state index in [1.54, 1.807) is 7.05 Å². The van der Waals surface area contributed by atoms with Crippen LogP contribution in [0.4, 0.5) is 0 Å². The normalized spacial score (nSPS) is 31.6. The fraction of sp³-hybridized carbons (Fsp3) is 0.731. The number of nitrogens with zero attached hydrogens (tertiary/aromatic N) is 1. The molecule has 4 heteroatoms. The van der Waals surface area contributed by atoms with E-state index in [2.05, 4.69) is 50.6 Å². The molecule has 2 fully saturated rings. The van der Waals surface area contributed by atoms with Crippen LogP contribution in [0.2, 0.25) is 0 Å². The third-order valence-electron chi connectivity index (χ3n) is 8.57. The molecule has 2 aliphatic rings. The van der Waals surface area contributed by atoms with Gasteiger partial charge < -0.3 is 9.73 Å². The van der Waals surface area contributed by atoms with Gasteiger partial charge in [0.05, 0.1) is 12.8 Å². The van der Waals surface area contributed by atoms with Crippen molar-refractivity contribution in [2.75, 3.05) is 20.1 Å². The number of rotatable bonds is 8. The summed E-state index contributed by atoms with van der Waals surface area (Å²) in [4.78, 5) is 15.3. The fourth-order valence-corrected chi connectivity index (χ4v) is 6.72. The highest BCUT2D eigenvalue weighted by atomic mass is 16.3. The molecule has 1 aromatic heterocycles. The summed E-state index contributed by atoms with van der Waals surface area (Å²) < 4.78 is 5.86. The molecule has 168 valence electrons. The second-order valence-corrected chi connectivity index (χ2v) is 10.0. The molecule has 0 radical (unpaired) electrons. The zero-order chi connectivity index (χ0) is 21.9. The maximum Gasteiger partial charge on any atom is 0.225 e. The minimum Gasteiger partial charge on any atom is -0.468 e. The zero-order valence-corrected chi connectivity index (χ0v) is 19.9. The standard InChI is InChI=1S/C26H42N2O2/c1-7-28(8-2)18-22-20(14-17-30-22)11-12-21-19(3)10-13-23-25(21,4)15-9-16-26(23,5)24(29)27-6/h14,17,21,23H,3,7-13,15-16,18H2,1-2,4-6H3,(H,27,29)/t21-,23+,25+,26-/m0/s1. The maximum absolute atomic E-state index is 12.9. The summed E-state index contributed by atoms with van der Waals surface area (Å²) in [6.07, 6.45) is 9.44. The SMILES string of the molecule is C=C1CC[C@@H]2[C@](C)(CCC[C@]2(C)C(=O)NC)[C@H]1CCc1ccoc1CN(CC)CC. The average molecular weight is 415 g/mol. The fourth-order valence-electron chi connectivity index (χ4n) is 6.72. The van der Waals surface area contributed by atoms with Crippen LogP contribution in [0, 0.1) is 22.7 Å². The van der Waals surface area contributed by atoms with Gasteiger partial charge in [0, 0.05) is 12.5 Å². The molecule has 2 aliphatic carbocycles. The number of carbonyl (C=O) groups is 1. The Kier molecular flexibility index (Phi) is 7.16. The number of fused-ring (bicyclic) bond motifs is 1. The lowest BCUT2D eigenvalue weighted by molar-refractivity contribution is -0.145. The average Bonchev–Trinajstić information content (AvgIpc) is 3.17. The second-order valence-electron chi connectivity index (χ2n) is 10.0. The molecule has 1 amide bonds. The molecule has 1 heterocycles. The quantitative estimate of drug-likeness (QED) is 0.565. The van der Waals surface area contributed by atoms with E-state index in [0.717, 1.165) is 63.9 Å². The zero-order valence-electron chi connectivity index (χ0n) is 19.9. The Balaban J connectivity index is 1.78. The molecule has 1 aromatic rings. The van der Waals surface area contributed by atoms with Gasteiger partial charge in [-0.15, -0.1) is 0 Å². The Labute approximate surface area is 183 Å². The third-order valence-corrected chi connectivity index (χ3v) is 8.57. The van der Waals surface area contributed by atoms with E-state index >= 15 is 0 Å². The Morgan fingerprint density at radius 1 is 1.30 bits per heavy atom. The molecule has 4 atom stereocenters. The van der Waals surface area contributed by atoms with E-state index in [1.165, 1.54) is 17.6 Å². The summed E-state index contributed by atoms with van der Waals surface area (Å²) in [5.74, 6) is 2.23. The first kappa shape index (κ1) is 23.1. The summed E-state index contributed by atoms with van der Waals surface area (Å²) in [7, 11) is 1.79. The van der Waals surface area contributed by atoms with Gasteiger partial charge in [0.1, 0.15) is 5.76 Å². The molecule has 30 heavy (non-hydrogen) atoms. The van der Waals surface area contributed by atoms with Gasteiger partial charge in [-0.1, -0.05) is 46.3 Å². The van der Waals surface area contributed by atoms with Crippen LogP contribution in [0.5, 0.6) is 0 Å². The number of furan rings is 1. The predicted octanol–water partition coefficient (Wildman–Crippen LogP) is 5.58. The maximum atomic E-state index is 12.9. The highest BCUT2D eigenvalue weighted by Crippen LogP contribution is 2.61. The summed E-state index contributed by atoms with van der Waals surface area (Å²) in [5.41, 5.74) is 2.62. The molecule has 0 bridgehead atoms. The lowest BCUT2D eigenvalue weighted by Gasteiger charge is -2.58. The number of amides is 1. The molecular formula is C26H42N2O2. The van der Waals surface area contributed by atoms with E-state index in [4.69, 9.17) is 4.42 Å². The number of allylic oxidation sites excluding steroid dienone is 1. The van der Waals surface area contributed by atoms with Crippen molar-refractivity contribution in [1.29, 1.82) is 0 Å². The lowest BCUT2D eigenvalue weighted by Crippen LogP contribution is -2.55. The highest BCUT2D eigenvalue weighted by molar-refractivity contribution is 5.82. The van der Waals surface area contributed by atoms with Crippen LogP contribution >= 0.6 is 0 Å². The van der Waals surface area contributed by atoms with E-state index in [0.29, 0.717) is 11.8 Å². The molecular weight excluding hydrogens is 372 g/mol. The van der Waals surface area contributed by atoms with Crippen LogP contribution in [0.1, 0.15) is 77.5 Å². The Bertz CT molecular complexity index is 750. The number of hydrogen-bond acceptors (Lipinski definition) is 3. The topological polar surface area (TPSA) is 45.5 Å². The molecule has 3 rings (SSSR count). The first-order valence-corrected chi connectivity index (χ1v) is 12.0. The minimum absolute atomic E-state index is 0.150. The van der Waals surface area contributed by atoms with Crippen molar-refractivity contribution in [3.05, 3.63) is 35.8 Å². The molecule has 1 N–H and O–H groups in total. The molecule has 0 spiro atoms. The van der Waals surface area contributed by atoms with E-state index in [9.17, 15) is 4.79 Å². The monoisotopic (exact) mass is 414 g/mol. The minimum atomic E-state index is -0.260. The van der Waals surface area contributed by atoms with E-state index in [-0.39, 0.29) is 16.7 Å². The van der Waals surface area contributed by atoms with Gasteiger partial charge in [0.2, 0.25) is 5.91 Å². The Hall–Kier alpha value is -1.55. The van der Waals surface area contributed by atoms with Crippen molar-refractivity contribution >= 4 is 5.91 Å². The lowest BCUT2D eigenvalue weighted by atomic mass is 9.46. The second kappa shape index (κ2) is 9.30. The smallest absolute Gasteiger partial charge is 0.225 e. The van der Waals surface area contributed by atoms with E-state index in [1.807, 2.05) is 6.26 Å². The highest BCUT2D eigenvalue weighted by Gasteiger charge is 2.56. The summed E-state index contributed by atoms with van der Waals surface area (Å²) in [5, 5.41) is 2.96. The Morgan fingerprint density at radius 2 is 2.03 bits per heavy atom. The van der Waals surface area contributed by atoms with Crippen molar-refractivity contribution in [3.63, 3.8) is 0 Å². The van der Waals surface area contributed by atoms with Crippen molar-refractivity contribution < 1.29 is 9.21 Å². The Morgan fingerprint density at radius 3 is 2.70 bits per heavy atom. The van der Waals surface area contributed by atoms with E-state index < -0.39 is 0 Å². The third kappa shape index (κ3) is 4.12. The molecule has 2 saturated carbocycles. The molecule has 0 unspecified atom stereocenters. The van der Waals surface area contributed by atoms with Crippen LogP contribution in [0.3, 0.4) is 0 Å². The van der Waals surface area contributed by atoms with Crippen molar-refractivity contribution in [2.45, 2.75) is 79.2 Å². The number of nitrogens with one attached hydrogen (secondary N) is 1. The number of aryl methyl sites for hydroxylation is 1. The van der Waals surface area contributed by atoms with Gasteiger partial charge in [0.25, 0.3) is 0 Å². The molecule has 4 nitrogen and oxygen atoms in total. The summed E-state index contributed by atoms with van der Waals surface area (Å²) >= 11 is 0. The molecule has 0 aromatic carbocycles. The van der Waals surface area contributed by atoms with Crippen molar-refractivity contribution in [3.8, 4) is 0 Å². The molecule has 0 saturated heterocycles. The van der Waals surface area contributed by atoms with Gasteiger partial charge in [-0.3, -0.25) is 9.69 Å². The first-order chi connectivity index (χ1) is 14.3. The molecule has 0 aliphatic heterocycles.